The zero-order chi connectivity index (χ0) is 18.1. The van der Waals surface area contributed by atoms with Crippen LogP contribution in [0.2, 0.25) is 10.0 Å². The Hall–Kier alpha value is -1.69. The van der Waals surface area contributed by atoms with Gasteiger partial charge < -0.3 is 9.88 Å². The highest BCUT2D eigenvalue weighted by Gasteiger charge is 2.32. The molecular formula is C19H17Cl2N3OS. The standard InChI is InChI=1S/C19H17Cl2N3OS/c20-12-5-3-6-13(21)18(12)26-11-17(25)24-10-4-9-16(24)19-22-14-7-1-2-8-15(14)23-19/h1-3,5-8,16H,4,9-11H2,(H,22,23)/t16-/m0/s1. The molecule has 3 aromatic rings. The van der Waals surface area contributed by atoms with Gasteiger partial charge in [0.15, 0.2) is 0 Å². The fourth-order valence-electron chi connectivity index (χ4n) is 3.32. The molecule has 0 aliphatic carbocycles. The highest BCUT2D eigenvalue weighted by atomic mass is 35.5. The van der Waals surface area contributed by atoms with Crippen LogP contribution in [0.3, 0.4) is 0 Å². The maximum Gasteiger partial charge on any atom is 0.233 e. The molecule has 1 fully saturated rings. The monoisotopic (exact) mass is 405 g/mol. The van der Waals surface area contributed by atoms with Crippen molar-refractivity contribution in [2.75, 3.05) is 12.3 Å². The quantitative estimate of drug-likeness (QED) is 0.596. The maximum absolute atomic E-state index is 12.8. The van der Waals surface area contributed by atoms with Gasteiger partial charge in [0.25, 0.3) is 0 Å². The van der Waals surface area contributed by atoms with Crippen molar-refractivity contribution in [2.45, 2.75) is 23.8 Å². The van der Waals surface area contributed by atoms with Crippen molar-refractivity contribution in [3.05, 3.63) is 58.3 Å². The Bertz CT molecular complexity index is 906. The number of likely N-dealkylation sites (tertiary alicyclic amines) is 1. The number of H-pyrrole nitrogens is 1. The molecule has 4 rings (SSSR count). The molecule has 4 nitrogen and oxygen atoms in total. The number of halogens is 2. The molecule has 1 aliphatic heterocycles. The highest BCUT2D eigenvalue weighted by molar-refractivity contribution is 8.00. The number of thioether (sulfide) groups is 1. The summed E-state index contributed by atoms with van der Waals surface area (Å²) in [5.74, 6) is 1.24. The Morgan fingerprint density at radius 3 is 2.73 bits per heavy atom. The molecule has 7 heteroatoms. The first-order valence-corrected chi connectivity index (χ1v) is 10.2. The predicted molar refractivity (Wildman–Crippen MR) is 107 cm³/mol. The second kappa shape index (κ2) is 7.51. The van der Waals surface area contributed by atoms with Gasteiger partial charge in [-0.25, -0.2) is 4.98 Å². The normalized spacial score (nSPS) is 17.2. The van der Waals surface area contributed by atoms with Crippen molar-refractivity contribution in [1.82, 2.24) is 14.9 Å². The van der Waals surface area contributed by atoms with Crippen LogP contribution in [0.5, 0.6) is 0 Å². The molecule has 1 N–H and O–H groups in total. The van der Waals surface area contributed by atoms with Crippen LogP contribution in [-0.4, -0.2) is 33.1 Å². The number of aromatic nitrogens is 2. The number of amides is 1. The number of hydrogen-bond acceptors (Lipinski definition) is 3. The molecule has 1 amide bonds. The number of carbonyl (C=O) groups is 1. The van der Waals surface area contributed by atoms with E-state index >= 15 is 0 Å². The third-order valence-electron chi connectivity index (χ3n) is 4.56. The molecule has 2 heterocycles. The summed E-state index contributed by atoms with van der Waals surface area (Å²) in [6.07, 6.45) is 1.90. The maximum atomic E-state index is 12.8. The Morgan fingerprint density at radius 2 is 1.96 bits per heavy atom. The van der Waals surface area contributed by atoms with Crippen LogP contribution in [0, 0.1) is 0 Å². The first-order chi connectivity index (χ1) is 12.6. The number of imidazole rings is 1. The average Bonchev–Trinajstić information content (AvgIpc) is 3.27. The molecule has 0 spiro atoms. The number of nitrogens with zero attached hydrogens (tertiary/aromatic N) is 2. The zero-order valence-electron chi connectivity index (χ0n) is 13.9. The summed E-state index contributed by atoms with van der Waals surface area (Å²) in [5, 5.41) is 1.15. The number of rotatable bonds is 4. The minimum Gasteiger partial charge on any atom is -0.340 e. The summed E-state index contributed by atoms with van der Waals surface area (Å²) in [4.78, 5) is 23.5. The summed E-state index contributed by atoms with van der Waals surface area (Å²) in [5.41, 5.74) is 1.93. The Balaban J connectivity index is 1.50. The summed E-state index contributed by atoms with van der Waals surface area (Å²) in [7, 11) is 0. The van der Waals surface area contributed by atoms with Crippen LogP contribution in [0.1, 0.15) is 24.7 Å². The van der Waals surface area contributed by atoms with Crippen molar-refractivity contribution in [3.63, 3.8) is 0 Å². The summed E-state index contributed by atoms with van der Waals surface area (Å²) < 4.78 is 0. The third-order valence-corrected chi connectivity index (χ3v) is 6.53. The Labute approximate surface area is 165 Å². The number of benzene rings is 2. The molecule has 1 atom stereocenters. The van der Waals surface area contributed by atoms with Crippen LogP contribution in [0.25, 0.3) is 11.0 Å². The third kappa shape index (κ3) is 3.43. The lowest BCUT2D eigenvalue weighted by Gasteiger charge is -2.23. The minimum atomic E-state index is -0.00258. The van der Waals surface area contributed by atoms with Crippen molar-refractivity contribution in [2.24, 2.45) is 0 Å². The first-order valence-electron chi connectivity index (χ1n) is 8.44. The van der Waals surface area contributed by atoms with Gasteiger partial charge in [-0.3, -0.25) is 4.79 Å². The van der Waals surface area contributed by atoms with Crippen molar-refractivity contribution in [1.29, 1.82) is 0 Å². The second-order valence-corrected chi connectivity index (χ2v) is 8.02. The lowest BCUT2D eigenvalue weighted by atomic mass is 10.2. The fraction of sp³-hybridized carbons (Fsp3) is 0.263. The number of hydrogen-bond donors (Lipinski definition) is 1. The van der Waals surface area contributed by atoms with Gasteiger partial charge in [0.1, 0.15) is 5.82 Å². The van der Waals surface area contributed by atoms with Gasteiger partial charge in [-0.2, -0.15) is 0 Å². The molecule has 2 aromatic carbocycles. The molecule has 1 aromatic heterocycles. The molecule has 134 valence electrons. The number of aromatic amines is 1. The van der Waals surface area contributed by atoms with Crippen molar-refractivity contribution >= 4 is 51.9 Å². The molecular weight excluding hydrogens is 389 g/mol. The summed E-state index contributed by atoms with van der Waals surface area (Å²) in [6, 6.07) is 13.3. The van der Waals surface area contributed by atoms with Gasteiger partial charge in [0.05, 0.1) is 32.9 Å². The molecule has 1 aliphatic rings. The highest BCUT2D eigenvalue weighted by Crippen LogP contribution is 2.36. The number of fused-ring (bicyclic) bond motifs is 1. The smallest absolute Gasteiger partial charge is 0.233 e. The van der Waals surface area contributed by atoms with E-state index in [2.05, 4.69) is 9.97 Å². The fourth-order valence-corrected chi connectivity index (χ4v) is 4.89. The topological polar surface area (TPSA) is 49.0 Å². The molecule has 1 saturated heterocycles. The van der Waals surface area contributed by atoms with Crippen LogP contribution < -0.4 is 0 Å². The van der Waals surface area contributed by atoms with Gasteiger partial charge in [-0.15, -0.1) is 11.8 Å². The first kappa shape index (κ1) is 17.7. The van der Waals surface area contributed by atoms with Crippen molar-refractivity contribution in [3.8, 4) is 0 Å². The van der Waals surface area contributed by atoms with Crippen LogP contribution in [0.4, 0.5) is 0 Å². The van der Waals surface area contributed by atoms with E-state index in [-0.39, 0.29) is 11.9 Å². The SMILES string of the molecule is O=C(CSc1c(Cl)cccc1Cl)N1CCC[C@H]1c1nc2ccccc2[nH]1. The van der Waals surface area contributed by atoms with Gasteiger partial charge in [-0.1, -0.05) is 41.4 Å². The largest absolute Gasteiger partial charge is 0.340 e. The van der Waals surface area contributed by atoms with E-state index in [1.807, 2.05) is 29.2 Å². The van der Waals surface area contributed by atoms with E-state index in [1.165, 1.54) is 11.8 Å². The lowest BCUT2D eigenvalue weighted by Crippen LogP contribution is -2.32. The molecule has 26 heavy (non-hydrogen) atoms. The number of nitrogens with one attached hydrogen (secondary N) is 1. The predicted octanol–water partition coefficient (Wildman–Crippen LogP) is 5.33. The van der Waals surface area contributed by atoms with E-state index in [1.54, 1.807) is 18.2 Å². The Kier molecular flexibility index (Phi) is 5.11. The van der Waals surface area contributed by atoms with Gasteiger partial charge >= 0.3 is 0 Å². The van der Waals surface area contributed by atoms with Crippen LogP contribution in [-0.2, 0) is 4.79 Å². The minimum absolute atomic E-state index is 0.00258. The van der Waals surface area contributed by atoms with Crippen LogP contribution >= 0.6 is 35.0 Å². The van der Waals surface area contributed by atoms with Gasteiger partial charge in [0.2, 0.25) is 5.91 Å². The molecule has 0 unspecified atom stereocenters. The van der Waals surface area contributed by atoms with Gasteiger partial charge in [0, 0.05) is 11.4 Å². The zero-order valence-corrected chi connectivity index (χ0v) is 16.2. The van der Waals surface area contributed by atoms with Gasteiger partial charge in [-0.05, 0) is 37.1 Å². The molecule has 0 bridgehead atoms. The average molecular weight is 406 g/mol. The molecule has 0 saturated carbocycles. The summed E-state index contributed by atoms with van der Waals surface area (Å²) >= 11 is 13.8. The van der Waals surface area contributed by atoms with E-state index in [0.29, 0.717) is 15.8 Å². The van der Waals surface area contributed by atoms with E-state index in [9.17, 15) is 4.79 Å². The van der Waals surface area contributed by atoms with E-state index in [0.717, 1.165) is 41.1 Å². The summed E-state index contributed by atoms with van der Waals surface area (Å²) in [6.45, 7) is 0.747. The second-order valence-electron chi connectivity index (χ2n) is 6.22. The van der Waals surface area contributed by atoms with E-state index < -0.39 is 0 Å². The number of carbonyl (C=O) groups excluding carboxylic acids is 1. The van der Waals surface area contributed by atoms with E-state index in [4.69, 9.17) is 23.2 Å². The number of para-hydroxylation sites is 2. The Morgan fingerprint density at radius 1 is 1.19 bits per heavy atom. The van der Waals surface area contributed by atoms with Crippen molar-refractivity contribution < 1.29 is 4.79 Å². The van der Waals surface area contributed by atoms with Crippen LogP contribution in [0.15, 0.2) is 47.4 Å². The lowest BCUT2D eigenvalue weighted by molar-refractivity contribution is -0.129. The molecule has 0 radical (unpaired) electrons.